The van der Waals surface area contributed by atoms with E-state index < -0.39 is 11.9 Å². The summed E-state index contributed by atoms with van der Waals surface area (Å²) >= 11 is 0. The van der Waals surface area contributed by atoms with Gasteiger partial charge in [0.2, 0.25) is 0 Å². The van der Waals surface area contributed by atoms with Gasteiger partial charge in [-0.15, -0.1) is 0 Å². The summed E-state index contributed by atoms with van der Waals surface area (Å²) < 4.78 is 37.8. The van der Waals surface area contributed by atoms with Crippen molar-refractivity contribution >= 4 is 5.71 Å². The van der Waals surface area contributed by atoms with Crippen LogP contribution < -0.4 is 0 Å². The number of oxime groups is 1. The first-order valence-corrected chi connectivity index (χ1v) is 4.81. The summed E-state index contributed by atoms with van der Waals surface area (Å²) in [5.74, 6) is 0. The predicted octanol–water partition coefficient (Wildman–Crippen LogP) is 3.53. The van der Waals surface area contributed by atoms with Crippen molar-refractivity contribution in [1.29, 1.82) is 0 Å². The highest BCUT2D eigenvalue weighted by Crippen LogP contribution is 2.32. The van der Waals surface area contributed by atoms with Gasteiger partial charge in [0.15, 0.2) is 5.71 Å². The Labute approximate surface area is 95.3 Å². The molecule has 0 saturated carbocycles. The summed E-state index contributed by atoms with van der Waals surface area (Å²) in [4.78, 5) is 0. The highest BCUT2D eigenvalue weighted by molar-refractivity contribution is 6.09. The SMILES string of the molecule is ON=C(c1ccc2cccccc1-2)C(F)(F)F. The molecule has 5 heteroatoms. The second kappa shape index (κ2) is 4.08. The van der Waals surface area contributed by atoms with E-state index in [1.807, 2.05) is 0 Å². The zero-order valence-electron chi connectivity index (χ0n) is 8.57. The van der Waals surface area contributed by atoms with E-state index in [1.165, 1.54) is 6.07 Å². The molecule has 0 aromatic heterocycles. The van der Waals surface area contributed by atoms with Crippen LogP contribution in [0.1, 0.15) is 5.56 Å². The Morgan fingerprint density at radius 2 is 1.71 bits per heavy atom. The zero-order valence-corrected chi connectivity index (χ0v) is 8.57. The molecule has 2 rings (SSSR count). The van der Waals surface area contributed by atoms with Crippen LogP contribution in [0.3, 0.4) is 0 Å². The molecular weight excluding hydrogens is 231 g/mol. The van der Waals surface area contributed by atoms with E-state index in [9.17, 15) is 13.2 Å². The Bertz CT molecular complexity index is 534. The van der Waals surface area contributed by atoms with E-state index in [-0.39, 0.29) is 5.56 Å². The number of fused-ring (bicyclic) bond motifs is 1. The molecule has 0 bridgehead atoms. The van der Waals surface area contributed by atoms with Crippen molar-refractivity contribution in [2.24, 2.45) is 5.16 Å². The molecule has 17 heavy (non-hydrogen) atoms. The first-order valence-electron chi connectivity index (χ1n) is 4.81. The van der Waals surface area contributed by atoms with Gasteiger partial charge in [0.1, 0.15) is 0 Å². The summed E-state index contributed by atoms with van der Waals surface area (Å²) in [6.07, 6.45) is -4.68. The Morgan fingerprint density at radius 3 is 2.35 bits per heavy atom. The average Bonchev–Trinajstić information content (AvgIpc) is 2.48. The van der Waals surface area contributed by atoms with Crippen LogP contribution in [0.4, 0.5) is 13.2 Å². The zero-order chi connectivity index (χ0) is 12.5. The predicted molar refractivity (Wildman–Crippen MR) is 57.4 cm³/mol. The first-order chi connectivity index (χ1) is 8.04. The van der Waals surface area contributed by atoms with Crippen LogP contribution in [-0.2, 0) is 0 Å². The third-order valence-electron chi connectivity index (χ3n) is 2.42. The number of hydrogen-bond acceptors (Lipinski definition) is 2. The average molecular weight is 239 g/mol. The Kier molecular flexibility index (Phi) is 2.75. The third-order valence-corrected chi connectivity index (χ3v) is 2.42. The van der Waals surface area contributed by atoms with E-state index >= 15 is 0 Å². The van der Waals surface area contributed by atoms with Gasteiger partial charge in [-0.05, 0) is 11.1 Å². The summed E-state index contributed by atoms with van der Waals surface area (Å²) in [7, 11) is 0. The minimum Gasteiger partial charge on any atom is -0.410 e. The van der Waals surface area contributed by atoms with Crippen molar-refractivity contribution in [3.63, 3.8) is 0 Å². The van der Waals surface area contributed by atoms with Crippen molar-refractivity contribution in [2.75, 3.05) is 0 Å². The van der Waals surface area contributed by atoms with Gasteiger partial charge in [0.25, 0.3) is 0 Å². The Hall–Kier alpha value is -2.04. The molecule has 0 atom stereocenters. The van der Waals surface area contributed by atoms with Crippen LogP contribution in [-0.4, -0.2) is 17.1 Å². The topological polar surface area (TPSA) is 32.6 Å². The molecule has 88 valence electrons. The molecule has 0 aliphatic heterocycles. The highest BCUT2D eigenvalue weighted by Gasteiger charge is 2.39. The van der Waals surface area contributed by atoms with E-state index in [4.69, 9.17) is 5.21 Å². The monoisotopic (exact) mass is 239 g/mol. The van der Waals surface area contributed by atoms with Crippen LogP contribution in [0, 0.1) is 0 Å². The van der Waals surface area contributed by atoms with Crippen molar-refractivity contribution in [3.05, 3.63) is 48.0 Å². The van der Waals surface area contributed by atoms with Crippen LogP contribution in [0.5, 0.6) is 0 Å². The number of rotatable bonds is 1. The molecule has 0 saturated heterocycles. The lowest BCUT2D eigenvalue weighted by molar-refractivity contribution is -0.0600. The van der Waals surface area contributed by atoms with Gasteiger partial charge in [-0.2, -0.15) is 13.2 Å². The van der Waals surface area contributed by atoms with Gasteiger partial charge in [0.05, 0.1) is 0 Å². The van der Waals surface area contributed by atoms with Crippen LogP contribution >= 0.6 is 0 Å². The molecule has 0 unspecified atom stereocenters. The van der Waals surface area contributed by atoms with Crippen LogP contribution in [0.15, 0.2) is 47.6 Å². The smallest absolute Gasteiger partial charge is 0.410 e. The van der Waals surface area contributed by atoms with E-state index in [1.54, 1.807) is 36.4 Å². The standard InChI is InChI=1S/C12H8F3NO/c13-12(14,15)11(16-17)10-7-6-8-4-2-1-3-5-9(8)10/h1-7,17H. The number of halogens is 3. The quantitative estimate of drug-likeness (QED) is 0.461. The fraction of sp³-hybridized carbons (Fsp3) is 0.0833. The maximum atomic E-state index is 12.6. The van der Waals surface area contributed by atoms with Gasteiger partial charge in [-0.25, -0.2) is 0 Å². The van der Waals surface area contributed by atoms with Crippen LogP contribution in [0.25, 0.3) is 11.1 Å². The first kappa shape index (κ1) is 11.4. The fourth-order valence-electron chi connectivity index (χ4n) is 1.68. The van der Waals surface area contributed by atoms with E-state index in [2.05, 4.69) is 5.16 Å². The van der Waals surface area contributed by atoms with Crippen molar-refractivity contribution < 1.29 is 18.4 Å². The summed E-state index contributed by atoms with van der Waals surface area (Å²) in [6, 6.07) is 11.2. The van der Waals surface area contributed by atoms with Gasteiger partial charge >= 0.3 is 6.18 Å². The fourth-order valence-corrected chi connectivity index (χ4v) is 1.68. The largest absolute Gasteiger partial charge is 0.437 e. The molecular formula is C12H8F3NO. The molecule has 0 heterocycles. The molecule has 0 spiro atoms. The van der Waals surface area contributed by atoms with Gasteiger partial charge in [0, 0.05) is 5.56 Å². The van der Waals surface area contributed by atoms with Crippen molar-refractivity contribution in [1.82, 2.24) is 0 Å². The summed E-state index contributed by atoms with van der Waals surface area (Å²) in [5.41, 5.74) is -0.333. The number of hydrogen-bond donors (Lipinski definition) is 1. The van der Waals surface area contributed by atoms with Crippen molar-refractivity contribution in [3.8, 4) is 11.1 Å². The summed E-state index contributed by atoms with van der Waals surface area (Å²) in [6.45, 7) is 0. The third kappa shape index (κ3) is 2.08. The van der Waals surface area contributed by atoms with Crippen LogP contribution in [0.2, 0.25) is 0 Å². The molecule has 0 fully saturated rings. The van der Waals surface area contributed by atoms with Gasteiger partial charge in [-0.3, -0.25) is 0 Å². The normalized spacial score (nSPS) is 13.0. The second-order valence-corrected chi connectivity index (χ2v) is 3.47. The molecule has 0 radical (unpaired) electrons. The molecule has 0 aromatic carbocycles. The molecule has 1 N–H and O–H groups in total. The lowest BCUT2D eigenvalue weighted by atomic mass is 10.1. The molecule has 2 aliphatic carbocycles. The Morgan fingerprint density at radius 1 is 1.00 bits per heavy atom. The number of alkyl halides is 3. The van der Waals surface area contributed by atoms with E-state index in [0.717, 1.165) is 0 Å². The minimum atomic E-state index is -4.68. The highest BCUT2D eigenvalue weighted by atomic mass is 19.4. The molecule has 2 nitrogen and oxygen atoms in total. The second-order valence-electron chi connectivity index (χ2n) is 3.47. The maximum absolute atomic E-state index is 12.6. The minimum absolute atomic E-state index is 0.119. The lowest BCUT2D eigenvalue weighted by Crippen LogP contribution is -2.23. The van der Waals surface area contributed by atoms with Gasteiger partial charge in [-0.1, -0.05) is 47.6 Å². The molecule has 0 amide bonds. The van der Waals surface area contributed by atoms with Gasteiger partial charge < -0.3 is 5.21 Å². The van der Waals surface area contributed by atoms with E-state index in [0.29, 0.717) is 11.1 Å². The summed E-state index contributed by atoms with van der Waals surface area (Å²) in [5, 5.41) is 10.9. The number of nitrogens with zero attached hydrogens (tertiary/aromatic N) is 1. The lowest BCUT2D eigenvalue weighted by Gasteiger charge is -2.08. The Balaban J connectivity index is 2.60. The maximum Gasteiger partial charge on any atom is 0.437 e. The molecule has 0 aromatic rings. The van der Waals surface area contributed by atoms with Crippen molar-refractivity contribution in [2.45, 2.75) is 6.18 Å². The molecule has 2 aliphatic rings.